The summed E-state index contributed by atoms with van der Waals surface area (Å²) in [6, 6.07) is 15.1. The quantitative estimate of drug-likeness (QED) is 0.237. The van der Waals surface area contributed by atoms with Crippen LogP contribution < -0.4 is 27.6 Å². The van der Waals surface area contributed by atoms with Crippen LogP contribution in [-0.4, -0.2) is 43.9 Å². The van der Waals surface area contributed by atoms with E-state index in [-0.39, 0.29) is 38.5 Å². The van der Waals surface area contributed by atoms with Gasteiger partial charge in [0.25, 0.3) is 5.88 Å². The van der Waals surface area contributed by atoms with Crippen LogP contribution >= 0.6 is 11.6 Å². The van der Waals surface area contributed by atoms with E-state index in [0.717, 1.165) is 14.8 Å². The van der Waals surface area contributed by atoms with Gasteiger partial charge in [-0.05, 0) is 47.1 Å². The fraction of sp³-hybridized carbons (Fsp3) is 0.217. The second-order valence-corrected chi connectivity index (χ2v) is 7.92. The van der Waals surface area contributed by atoms with Crippen LogP contribution in [0.15, 0.2) is 80.0 Å². The predicted octanol–water partition coefficient (Wildman–Crippen LogP) is 1.25. The summed E-state index contributed by atoms with van der Waals surface area (Å²) in [5, 5.41) is 13.1. The minimum absolute atomic E-state index is 0.0418. The van der Waals surface area contributed by atoms with Crippen molar-refractivity contribution in [3.63, 3.8) is 0 Å². The normalized spacial score (nSPS) is 11.7. The van der Waals surface area contributed by atoms with Gasteiger partial charge in [-0.25, -0.2) is 19.1 Å². The molecule has 0 atom stereocenters. The van der Waals surface area contributed by atoms with E-state index in [1.54, 1.807) is 54.6 Å². The molecule has 12 nitrogen and oxygen atoms in total. The van der Waals surface area contributed by atoms with Crippen LogP contribution in [-0.2, 0) is 17.8 Å². The largest absolute Gasteiger partial charge is 0.436 e. The predicted molar refractivity (Wildman–Crippen MR) is 130 cm³/mol. The van der Waals surface area contributed by atoms with Crippen molar-refractivity contribution in [3.05, 3.63) is 98.0 Å². The zero-order valence-electron chi connectivity index (χ0n) is 19.0. The number of ether oxygens (including phenoxy) is 2. The Labute approximate surface area is 209 Å². The van der Waals surface area contributed by atoms with Crippen LogP contribution in [0.25, 0.3) is 0 Å². The number of halogens is 1. The van der Waals surface area contributed by atoms with E-state index >= 15 is 0 Å². The van der Waals surface area contributed by atoms with Gasteiger partial charge in [0.1, 0.15) is 12.0 Å². The molecule has 0 spiro atoms. The summed E-state index contributed by atoms with van der Waals surface area (Å²) < 4.78 is 18.6. The maximum Gasteiger partial charge on any atom is 0.353 e. The third kappa shape index (κ3) is 5.92. The number of benzene rings is 2. The van der Waals surface area contributed by atoms with Crippen molar-refractivity contribution in [2.75, 3.05) is 25.7 Å². The molecule has 0 amide bonds. The van der Waals surface area contributed by atoms with Crippen molar-refractivity contribution in [3.8, 4) is 11.6 Å². The first-order valence-corrected chi connectivity index (χ1v) is 11.2. The summed E-state index contributed by atoms with van der Waals surface area (Å²) >= 11 is 5.99. The van der Waals surface area contributed by atoms with Crippen LogP contribution in [0.4, 0.5) is 5.69 Å². The highest BCUT2D eigenvalue weighted by molar-refractivity contribution is 6.30. The molecule has 2 aromatic carbocycles. The average Bonchev–Trinajstić information content (AvgIpc) is 3.39. The first-order chi connectivity index (χ1) is 17.5. The minimum Gasteiger partial charge on any atom is -0.436 e. The van der Waals surface area contributed by atoms with Crippen molar-refractivity contribution >= 4 is 17.3 Å². The number of aliphatic hydroxyl groups excluding tert-OH is 1. The van der Waals surface area contributed by atoms with E-state index < -0.39 is 11.4 Å². The fourth-order valence-electron chi connectivity index (χ4n) is 3.28. The van der Waals surface area contributed by atoms with Gasteiger partial charge >= 0.3 is 11.4 Å². The number of aromatic nitrogens is 4. The molecule has 188 valence electrons. The monoisotopic (exact) mass is 514 g/mol. The van der Waals surface area contributed by atoms with Crippen molar-refractivity contribution in [2.24, 2.45) is 4.99 Å². The van der Waals surface area contributed by atoms with Crippen molar-refractivity contribution < 1.29 is 19.1 Å². The van der Waals surface area contributed by atoms with Crippen LogP contribution in [0, 0.1) is 0 Å². The molecule has 36 heavy (non-hydrogen) atoms. The Hall–Kier alpha value is -4.13. The molecule has 0 radical (unpaired) electrons. The zero-order valence-corrected chi connectivity index (χ0v) is 19.7. The van der Waals surface area contributed by atoms with Gasteiger partial charge < -0.3 is 24.9 Å². The molecule has 13 heteroatoms. The average molecular weight is 515 g/mol. The summed E-state index contributed by atoms with van der Waals surface area (Å²) in [6.07, 6.45) is 1.39. The van der Waals surface area contributed by atoms with Gasteiger partial charge in [0, 0.05) is 11.1 Å². The lowest BCUT2D eigenvalue weighted by atomic mass is 10.2. The molecule has 3 N–H and O–H groups in total. The first kappa shape index (κ1) is 25.0. The molecule has 0 saturated heterocycles. The Morgan fingerprint density at radius 3 is 2.42 bits per heavy atom. The van der Waals surface area contributed by atoms with E-state index in [0.29, 0.717) is 22.3 Å². The maximum absolute atomic E-state index is 13.4. The Balaban J connectivity index is 1.75. The first-order valence-electron chi connectivity index (χ1n) is 10.8. The molecule has 0 bridgehead atoms. The molecule has 0 unspecified atom stereocenters. The third-order valence-electron chi connectivity index (χ3n) is 5.01. The molecule has 0 aliphatic heterocycles. The molecular weight excluding hydrogens is 492 g/mol. The molecule has 4 rings (SSSR count). The number of aliphatic hydroxyl groups is 1. The van der Waals surface area contributed by atoms with Gasteiger partial charge in [0.2, 0.25) is 5.62 Å². The fourth-order valence-corrected chi connectivity index (χ4v) is 3.40. The molecule has 4 aromatic rings. The van der Waals surface area contributed by atoms with Crippen LogP contribution in [0.1, 0.15) is 5.56 Å². The number of nitrogens with two attached hydrogens (primary N) is 1. The third-order valence-corrected chi connectivity index (χ3v) is 5.26. The minimum atomic E-state index is -0.760. The molecule has 0 aliphatic rings. The Morgan fingerprint density at radius 1 is 1.00 bits per heavy atom. The lowest BCUT2D eigenvalue weighted by Crippen LogP contribution is -2.57. The molecule has 2 heterocycles. The Morgan fingerprint density at radius 2 is 1.75 bits per heavy atom. The standard InChI is InChI=1S/C23H23ClN6O6/c24-17-3-1-16(2-4-17)15-29-21(30(25)23(33)28(22(29)32)10-13-34-14-11-31)26-18-5-7-19(8-6-18)36-20-9-12-35-27-20/h1-9,12,31H,10-11,13-15,25H2/b26-21-. The summed E-state index contributed by atoms with van der Waals surface area (Å²) in [7, 11) is 0. The van der Waals surface area contributed by atoms with Crippen LogP contribution in [0.3, 0.4) is 0 Å². The molecule has 0 saturated carbocycles. The van der Waals surface area contributed by atoms with Crippen molar-refractivity contribution in [1.82, 2.24) is 19.0 Å². The zero-order chi connectivity index (χ0) is 25.5. The van der Waals surface area contributed by atoms with E-state index in [2.05, 4.69) is 10.1 Å². The summed E-state index contributed by atoms with van der Waals surface area (Å²) in [5.41, 5.74) is -0.262. The molecular formula is C23H23ClN6O6. The molecule has 0 fully saturated rings. The highest BCUT2D eigenvalue weighted by Crippen LogP contribution is 2.22. The van der Waals surface area contributed by atoms with Gasteiger partial charge in [-0.1, -0.05) is 23.7 Å². The SMILES string of the molecule is Nn1c(=O)n(CCOCCO)c(=O)n(Cc2ccc(Cl)cc2)/c1=N/c1ccc(Oc2ccon2)cc1. The summed E-state index contributed by atoms with van der Waals surface area (Å²) in [6.45, 7) is -0.0198. The number of nitrogen functional groups attached to an aromatic ring is 1. The van der Waals surface area contributed by atoms with E-state index in [9.17, 15) is 9.59 Å². The number of hydrogen-bond acceptors (Lipinski definition) is 9. The van der Waals surface area contributed by atoms with E-state index in [1.807, 2.05) is 0 Å². The number of rotatable bonds is 10. The molecule has 2 aromatic heterocycles. The van der Waals surface area contributed by atoms with Gasteiger partial charge in [-0.15, -0.1) is 0 Å². The van der Waals surface area contributed by atoms with Crippen molar-refractivity contribution in [1.29, 1.82) is 0 Å². The lowest BCUT2D eigenvalue weighted by Gasteiger charge is -2.14. The second kappa shape index (κ2) is 11.5. The Bertz CT molecular complexity index is 1470. The summed E-state index contributed by atoms with van der Waals surface area (Å²) in [4.78, 5) is 30.7. The topological polar surface area (TPSA) is 152 Å². The highest BCUT2D eigenvalue weighted by atomic mass is 35.5. The molecule has 0 aliphatic carbocycles. The second-order valence-electron chi connectivity index (χ2n) is 7.48. The van der Waals surface area contributed by atoms with Crippen molar-refractivity contribution in [2.45, 2.75) is 13.1 Å². The number of hydrogen-bond donors (Lipinski definition) is 2. The smallest absolute Gasteiger partial charge is 0.353 e. The van der Waals surface area contributed by atoms with E-state index in [4.69, 9.17) is 36.5 Å². The summed E-state index contributed by atoms with van der Waals surface area (Å²) in [5.74, 6) is 6.89. The van der Waals surface area contributed by atoms with Gasteiger partial charge in [-0.3, -0.25) is 4.57 Å². The maximum atomic E-state index is 13.4. The number of nitrogens with zero attached hydrogens (tertiary/aromatic N) is 5. The van der Waals surface area contributed by atoms with E-state index in [1.165, 1.54) is 10.8 Å². The highest BCUT2D eigenvalue weighted by Gasteiger charge is 2.14. The van der Waals surface area contributed by atoms with Gasteiger partial charge in [-0.2, -0.15) is 4.68 Å². The van der Waals surface area contributed by atoms with Gasteiger partial charge in [0.15, 0.2) is 0 Å². The Kier molecular flexibility index (Phi) is 8.00. The lowest BCUT2D eigenvalue weighted by molar-refractivity contribution is 0.0852. The van der Waals surface area contributed by atoms with Crippen LogP contribution in [0.5, 0.6) is 11.6 Å². The van der Waals surface area contributed by atoms with Gasteiger partial charge in [0.05, 0.1) is 38.6 Å². The van der Waals surface area contributed by atoms with Crippen LogP contribution in [0.2, 0.25) is 5.02 Å².